The Morgan fingerprint density at radius 2 is 1.93 bits per heavy atom. The number of H-pyrrole nitrogens is 1. The number of amides is 2. The van der Waals surface area contributed by atoms with E-state index in [1.54, 1.807) is 24.3 Å². The first kappa shape index (κ1) is 29.2. The van der Waals surface area contributed by atoms with Gasteiger partial charge in [0.1, 0.15) is 11.3 Å². The number of pyridine rings is 1. The third-order valence-electron chi connectivity index (χ3n) is 6.68. The molecule has 1 fully saturated rings. The van der Waals surface area contributed by atoms with E-state index in [0.29, 0.717) is 36.4 Å². The smallest absolute Gasteiger partial charge is 0.414 e. The number of nitriles is 1. The zero-order valence-corrected chi connectivity index (χ0v) is 24.0. The van der Waals surface area contributed by atoms with Gasteiger partial charge in [-0.25, -0.2) is 4.79 Å². The highest BCUT2D eigenvalue weighted by Gasteiger charge is 2.38. The first-order valence-electron chi connectivity index (χ1n) is 12.2. The molecule has 0 radical (unpaired) electrons. The number of nitrogens with zero attached hydrogens (tertiary/aromatic N) is 3. The first-order chi connectivity index (χ1) is 19.5. The van der Waals surface area contributed by atoms with Crippen LogP contribution in [0.3, 0.4) is 0 Å². The number of benzene rings is 2. The third kappa shape index (κ3) is 5.75. The summed E-state index contributed by atoms with van der Waals surface area (Å²) in [5, 5.41) is 5.98. The number of aromatic nitrogens is 1. The highest BCUT2D eigenvalue weighted by Crippen LogP contribution is 2.43. The summed E-state index contributed by atoms with van der Waals surface area (Å²) in [6.45, 7) is 0.788. The maximum absolute atomic E-state index is 14.1. The molecule has 5 rings (SSSR count). The summed E-state index contributed by atoms with van der Waals surface area (Å²) in [5.41, 5.74) is -0.554. The van der Waals surface area contributed by atoms with Gasteiger partial charge >= 0.3 is 11.5 Å². The molecule has 8 nitrogen and oxygen atoms in total. The fraction of sp³-hybridized carbons (Fsp3) is 0.259. The monoisotopic (exact) mass is 638 g/mol. The molecule has 1 aromatic heterocycles. The number of hydrogen-bond donors (Lipinski definition) is 1. The lowest BCUT2D eigenvalue weighted by Gasteiger charge is -2.26. The summed E-state index contributed by atoms with van der Waals surface area (Å²) >= 11 is 18.6. The number of hydrogen-bond acceptors (Lipinski definition) is 6. The van der Waals surface area contributed by atoms with Crippen LogP contribution in [0.2, 0.25) is 10.0 Å². The molecule has 212 valence electrons. The van der Waals surface area contributed by atoms with Crippen molar-refractivity contribution in [3.8, 4) is 6.07 Å². The number of ether oxygens (including phenoxy) is 1. The summed E-state index contributed by atoms with van der Waals surface area (Å²) in [7, 11) is 0. The van der Waals surface area contributed by atoms with Crippen LogP contribution >= 0.6 is 46.6 Å². The fourth-order valence-electron chi connectivity index (χ4n) is 4.79. The second-order valence-corrected chi connectivity index (χ2v) is 11.6. The van der Waals surface area contributed by atoms with Crippen LogP contribution in [0.1, 0.15) is 46.1 Å². The SMILES string of the molecule is N#CC[C@@H]1c2ccc(N3CCCOC3=O)cc2CN1C(=O)c1c(Sc2c(Cl)cccc2Cl)cc(C(F)(F)Cl)[nH]c1=O. The average Bonchev–Trinajstić information content (AvgIpc) is 3.28. The minimum absolute atomic E-state index is 0.00105. The Bertz CT molecular complexity index is 1640. The molecule has 2 aromatic carbocycles. The number of aromatic amines is 1. The van der Waals surface area contributed by atoms with E-state index in [2.05, 4.69) is 6.07 Å². The Balaban J connectivity index is 1.57. The van der Waals surface area contributed by atoms with Gasteiger partial charge in [0.25, 0.3) is 11.5 Å². The Morgan fingerprint density at radius 1 is 1.20 bits per heavy atom. The van der Waals surface area contributed by atoms with Crippen molar-refractivity contribution in [3.63, 3.8) is 0 Å². The van der Waals surface area contributed by atoms with Crippen molar-refractivity contribution in [1.82, 2.24) is 9.88 Å². The number of nitrogens with one attached hydrogen (secondary N) is 1. The largest absolute Gasteiger partial charge is 0.449 e. The summed E-state index contributed by atoms with van der Waals surface area (Å²) in [4.78, 5) is 44.4. The predicted molar refractivity (Wildman–Crippen MR) is 150 cm³/mol. The molecule has 3 heterocycles. The quantitative estimate of drug-likeness (QED) is 0.289. The number of alkyl halides is 3. The Kier molecular flexibility index (Phi) is 8.21. The van der Waals surface area contributed by atoms with E-state index in [0.717, 1.165) is 17.8 Å². The van der Waals surface area contributed by atoms with E-state index in [1.165, 1.54) is 21.9 Å². The van der Waals surface area contributed by atoms with E-state index in [9.17, 15) is 28.4 Å². The van der Waals surface area contributed by atoms with Gasteiger partial charge in [-0.15, -0.1) is 0 Å². The van der Waals surface area contributed by atoms with E-state index >= 15 is 0 Å². The fourth-order valence-corrected chi connectivity index (χ4v) is 6.54. The maximum atomic E-state index is 14.1. The molecule has 2 amide bonds. The van der Waals surface area contributed by atoms with Gasteiger partial charge in [0.2, 0.25) is 0 Å². The van der Waals surface area contributed by atoms with Gasteiger partial charge in [-0.3, -0.25) is 14.5 Å². The molecule has 2 aliphatic rings. The summed E-state index contributed by atoms with van der Waals surface area (Å²) in [5.74, 6) is -0.795. The minimum Gasteiger partial charge on any atom is -0.449 e. The van der Waals surface area contributed by atoms with Gasteiger partial charge in [-0.2, -0.15) is 14.0 Å². The molecule has 1 saturated heterocycles. The Labute approximate surface area is 251 Å². The Morgan fingerprint density at radius 3 is 2.59 bits per heavy atom. The van der Waals surface area contributed by atoms with E-state index in [1.807, 2.05) is 4.98 Å². The van der Waals surface area contributed by atoms with Gasteiger partial charge in [0.05, 0.1) is 35.2 Å². The van der Waals surface area contributed by atoms with Crippen molar-refractivity contribution < 1.29 is 23.1 Å². The molecule has 0 unspecified atom stereocenters. The minimum atomic E-state index is -3.93. The molecule has 2 aliphatic heterocycles. The molecule has 41 heavy (non-hydrogen) atoms. The molecule has 0 saturated carbocycles. The van der Waals surface area contributed by atoms with Crippen molar-refractivity contribution >= 4 is 64.3 Å². The highest BCUT2D eigenvalue weighted by atomic mass is 35.5. The van der Waals surface area contributed by atoms with Gasteiger partial charge < -0.3 is 14.6 Å². The predicted octanol–water partition coefficient (Wildman–Crippen LogP) is 7.08. The Hall–Kier alpha value is -3.30. The normalized spacial score (nSPS) is 16.8. The van der Waals surface area contributed by atoms with Crippen LogP contribution < -0.4 is 10.5 Å². The average molecular weight is 640 g/mol. The van der Waals surface area contributed by atoms with Crippen LogP contribution in [0, 0.1) is 11.3 Å². The van der Waals surface area contributed by atoms with Gasteiger partial charge in [0.15, 0.2) is 0 Å². The molecular formula is C27H19Cl3F2N4O4S. The summed E-state index contributed by atoms with van der Waals surface area (Å²) < 4.78 is 33.3. The van der Waals surface area contributed by atoms with Gasteiger partial charge in [0, 0.05) is 28.6 Å². The first-order valence-corrected chi connectivity index (χ1v) is 14.2. The number of halogens is 5. The zero-order chi connectivity index (χ0) is 29.5. The number of carbonyl (C=O) groups excluding carboxylic acids is 2. The second kappa shape index (κ2) is 11.5. The van der Waals surface area contributed by atoms with Crippen LogP contribution in [0.25, 0.3) is 0 Å². The molecule has 1 N–H and O–H groups in total. The van der Waals surface area contributed by atoms with E-state index in [4.69, 9.17) is 39.5 Å². The molecule has 0 aliphatic carbocycles. The lowest BCUT2D eigenvalue weighted by atomic mass is 10.0. The van der Waals surface area contributed by atoms with Gasteiger partial charge in [-0.05, 0) is 59.5 Å². The van der Waals surface area contributed by atoms with Crippen molar-refractivity contribution in [3.05, 3.63) is 85.2 Å². The van der Waals surface area contributed by atoms with Crippen molar-refractivity contribution in [1.29, 1.82) is 5.26 Å². The van der Waals surface area contributed by atoms with E-state index in [-0.39, 0.29) is 32.8 Å². The standard InChI is InChI=1S/C27H19Cl3F2N4O4S/c28-17-3-1-4-18(29)23(17)41-20-12-21(27(30,31)32)34-24(37)22(20)25(38)36-13-14-11-15(35-9-2-10-40-26(35)39)5-6-16(14)19(36)7-8-33/h1,3-6,11-12,19H,2,7,9-10,13H2,(H,34,37)/t19-/m1/s1. The number of anilines is 1. The van der Waals surface area contributed by atoms with E-state index < -0.39 is 40.2 Å². The van der Waals surface area contributed by atoms with Gasteiger partial charge in [-0.1, -0.05) is 47.1 Å². The molecule has 0 spiro atoms. The molecule has 14 heteroatoms. The van der Waals surface area contributed by atoms with Crippen LogP contribution in [0.4, 0.5) is 19.3 Å². The van der Waals surface area contributed by atoms with Crippen LogP contribution in [0.5, 0.6) is 0 Å². The van der Waals surface area contributed by atoms with Crippen LogP contribution in [0.15, 0.2) is 57.1 Å². The van der Waals surface area contributed by atoms with Crippen LogP contribution in [-0.4, -0.2) is 35.0 Å². The van der Waals surface area contributed by atoms with Crippen LogP contribution in [-0.2, 0) is 16.7 Å². The zero-order valence-electron chi connectivity index (χ0n) is 20.9. The number of rotatable bonds is 6. The summed E-state index contributed by atoms with van der Waals surface area (Å²) in [6.07, 6.45) is 0.0668. The second-order valence-electron chi connectivity index (χ2n) is 9.22. The van der Waals surface area contributed by atoms with Crippen molar-refractivity contribution in [2.24, 2.45) is 0 Å². The molecule has 3 aromatic rings. The maximum Gasteiger partial charge on any atom is 0.414 e. The third-order valence-corrected chi connectivity index (χ3v) is 8.92. The molecule has 0 bridgehead atoms. The number of cyclic esters (lactones) is 1. The lowest BCUT2D eigenvalue weighted by Crippen LogP contribution is -2.37. The van der Waals surface area contributed by atoms with Crippen molar-refractivity contribution in [2.75, 3.05) is 18.1 Å². The molecular weight excluding hydrogens is 621 g/mol. The van der Waals surface area contributed by atoms with Crippen molar-refractivity contribution in [2.45, 2.75) is 40.6 Å². The number of fused-ring (bicyclic) bond motifs is 1. The summed E-state index contributed by atoms with van der Waals surface area (Å²) in [6, 6.07) is 12.0. The lowest BCUT2D eigenvalue weighted by molar-refractivity contribution is 0.0684. The topological polar surface area (TPSA) is 106 Å². The highest BCUT2D eigenvalue weighted by molar-refractivity contribution is 7.99. The number of carbonyl (C=O) groups is 2. The molecule has 1 atom stereocenters.